The molecule has 8 heteroatoms. The van der Waals surface area contributed by atoms with E-state index >= 15 is 0 Å². The standard InChI is InChI=1S/C24H30N2O6/c1-6-15(2)18-9-7-8-10-19(18)26-23(28)16(3)32-22(27)14-25-24(29)17-11-12-20(30-4)21(13-17)31-5/h7-13,15-16H,6,14H2,1-5H3,(H,25,29)(H,26,28). The highest BCUT2D eigenvalue weighted by Gasteiger charge is 2.20. The molecular weight excluding hydrogens is 412 g/mol. The van der Waals surface area contributed by atoms with Gasteiger partial charge in [0.05, 0.1) is 14.2 Å². The number of nitrogens with one attached hydrogen (secondary N) is 2. The average molecular weight is 443 g/mol. The van der Waals surface area contributed by atoms with E-state index in [1.165, 1.54) is 27.2 Å². The Morgan fingerprint density at radius 3 is 2.31 bits per heavy atom. The summed E-state index contributed by atoms with van der Waals surface area (Å²) >= 11 is 0. The second kappa shape index (κ2) is 11.7. The van der Waals surface area contributed by atoms with Crippen LogP contribution in [0.5, 0.6) is 11.5 Å². The lowest BCUT2D eigenvalue weighted by Crippen LogP contribution is -2.36. The summed E-state index contributed by atoms with van der Waals surface area (Å²) in [7, 11) is 2.96. The number of rotatable bonds is 10. The molecule has 0 fully saturated rings. The molecule has 0 aliphatic rings. The van der Waals surface area contributed by atoms with Crippen LogP contribution >= 0.6 is 0 Å². The number of hydrogen-bond donors (Lipinski definition) is 2. The van der Waals surface area contributed by atoms with E-state index in [0.717, 1.165) is 12.0 Å². The SMILES string of the molecule is CCC(C)c1ccccc1NC(=O)C(C)OC(=O)CNC(=O)c1ccc(OC)c(OC)c1. The molecular formula is C24H30N2O6. The molecule has 0 aliphatic carbocycles. The summed E-state index contributed by atoms with van der Waals surface area (Å²) in [6.45, 7) is 5.25. The van der Waals surface area contributed by atoms with Gasteiger partial charge >= 0.3 is 5.97 Å². The molecule has 2 aromatic carbocycles. The van der Waals surface area contributed by atoms with Crippen molar-refractivity contribution in [3.8, 4) is 11.5 Å². The van der Waals surface area contributed by atoms with Crippen LogP contribution in [0.2, 0.25) is 0 Å². The first-order valence-electron chi connectivity index (χ1n) is 10.4. The van der Waals surface area contributed by atoms with Crippen LogP contribution in [0, 0.1) is 0 Å². The Morgan fingerprint density at radius 1 is 0.969 bits per heavy atom. The summed E-state index contributed by atoms with van der Waals surface area (Å²) < 4.78 is 15.5. The fourth-order valence-electron chi connectivity index (χ4n) is 3.02. The molecule has 2 atom stereocenters. The zero-order valence-corrected chi connectivity index (χ0v) is 19.1. The van der Waals surface area contributed by atoms with Gasteiger partial charge in [0.25, 0.3) is 11.8 Å². The predicted octanol–water partition coefficient (Wildman–Crippen LogP) is 3.52. The van der Waals surface area contributed by atoms with Crippen LogP contribution in [-0.2, 0) is 14.3 Å². The van der Waals surface area contributed by atoms with Gasteiger partial charge in [0, 0.05) is 11.3 Å². The van der Waals surface area contributed by atoms with E-state index in [0.29, 0.717) is 22.7 Å². The van der Waals surface area contributed by atoms with Crippen LogP contribution in [0.1, 0.15) is 49.0 Å². The molecule has 0 radical (unpaired) electrons. The fourth-order valence-corrected chi connectivity index (χ4v) is 3.02. The number of hydrogen-bond acceptors (Lipinski definition) is 6. The summed E-state index contributed by atoms with van der Waals surface area (Å²) in [5.41, 5.74) is 2.00. The Labute approximate surface area is 188 Å². The first kappa shape index (κ1) is 24.7. The molecule has 0 aliphatic heterocycles. The third kappa shape index (κ3) is 6.47. The van der Waals surface area contributed by atoms with Crippen LogP contribution in [0.3, 0.4) is 0 Å². The number of para-hydroxylation sites is 1. The second-order valence-electron chi connectivity index (χ2n) is 7.27. The number of anilines is 1. The molecule has 172 valence electrons. The maximum absolute atomic E-state index is 12.5. The summed E-state index contributed by atoms with van der Waals surface area (Å²) in [6, 6.07) is 12.2. The lowest BCUT2D eigenvalue weighted by molar-refractivity contribution is -0.152. The molecule has 32 heavy (non-hydrogen) atoms. The molecule has 0 bridgehead atoms. The van der Waals surface area contributed by atoms with Crippen molar-refractivity contribution in [3.05, 3.63) is 53.6 Å². The topological polar surface area (TPSA) is 103 Å². The number of carbonyl (C=O) groups excluding carboxylic acids is 3. The molecule has 8 nitrogen and oxygen atoms in total. The normalized spacial score (nSPS) is 12.3. The minimum atomic E-state index is -1.02. The highest BCUT2D eigenvalue weighted by molar-refractivity contribution is 5.98. The Hall–Kier alpha value is -3.55. The van der Waals surface area contributed by atoms with Gasteiger partial charge in [-0.3, -0.25) is 14.4 Å². The highest BCUT2D eigenvalue weighted by Crippen LogP contribution is 2.28. The highest BCUT2D eigenvalue weighted by atomic mass is 16.5. The van der Waals surface area contributed by atoms with Crippen molar-refractivity contribution >= 4 is 23.5 Å². The molecule has 2 amide bonds. The number of benzene rings is 2. The van der Waals surface area contributed by atoms with Gasteiger partial charge in [-0.1, -0.05) is 32.0 Å². The van der Waals surface area contributed by atoms with E-state index in [9.17, 15) is 14.4 Å². The van der Waals surface area contributed by atoms with Gasteiger partial charge in [-0.25, -0.2) is 0 Å². The van der Waals surface area contributed by atoms with Gasteiger partial charge in [-0.2, -0.15) is 0 Å². The fraction of sp³-hybridized carbons (Fsp3) is 0.375. The zero-order chi connectivity index (χ0) is 23.7. The monoisotopic (exact) mass is 442 g/mol. The van der Waals surface area contributed by atoms with E-state index in [2.05, 4.69) is 24.5 Å². The molecule has 2 unspecified atom stereocenters. The van der Waals surface area contributed by atoms with E-state index in [4.69, 9.17) is 14.2 Å². The minimum Gasteiger partial charge on any atom is -0.493 e. The van der Waals surface area contributed by atoms with E-state index in [1.807, 2.05) is 24.3 Å². The van der Waals surface area contributed by atoms with Gasteiger partial charge < -0.3 is 24.8 Å². The third-order valence-electron chi connectivity index (χ3n) is 5.08. The second-order valence-corrected chi connectivity index (χ2v) is 7.27. The van der Waals surface area contributed by atoms with Crippen molar-refractivity contribution in [3.63, 3.8) is 0 Å². The van der Waals surface area contributed by atoms with Crippen LogP contribution in [0.25, 0.3) is 0 Å². The van der Waals surface area contributed by atoms with Gasteiger partial charge in [-0.05, 0) is 49.1 Å². The summed E-state index contributed by atoms with van der Waals surface area (Å²) in [4.78, 5) is 36.9. The largest absolute Gasteiger partial charge is 0.493 e. The Kier molecular flexibility index (Phi) is 9.07. The number of carbonyl (C=O) groups is 3. The molecule has 0 spiro atoms. The van der Waals surface area contributed by atoms with Crippen LogP contribution in [0.15, 0.2) is 42.5 Å². The quantitative estimate of drug-likeness (QED) is 0.546. The molecule has 0 heterocycles. The van der Waals surface area contributed by atoms with Gasteiger partial charge in [0.15, 0.2) is 17.6 Å². The molecule has 0 aromatic heterocycles. The first-order chi connectivity index (χ1) is 15.3. The first-order valence-corrected chi connectivity index (χ1v) is 10.4. The van der Waals surface area contributed by atoms with Crippen molar-refractivity contribution in [2.75, 3.05) is 26.1 Å². The number of amides is 2. The number of ether oxygens (including phenoxy) is 3. The van der Waals surface area contributed by atoms with Gasteiger partial charge in [0.1, 0.15) is 6.54 Å². The Bertz CT molecular complexity index is 959. The lowest BCUT2D eigenvalue weighted by Gasteiger charge is -2.18. The Morgan fingerprint density at radius 2 is 1.66 bits per heavy atom. The van der Waals surface area contributed by atoms with Crippen molar-refractivity contribution in [1.29, 1.82) is 0 Å². The van der Waals surface area contributed by atoms with Crippen molar-refractivity contribution in [2.45, 2.75) is 39.2 Å². The van der Waals surface area contributed by atoms with Crippen LogP contribution < -0.4 is 20.1 Å². The van der Waals surface area contributed by atoms with Crippen molar-refractivity contribution in [2.24, 2.45) is 0 Å². The number of methoxy groups -OCH3 is 2. The predicted molar refractivity (Wildman–Crippen MR) is 121 cm³/mol. The lowest BCUT2D eigenvalue weighted by atomic mass is 9.97. The minimum absolute atomic E-state index is 0.274. The molecule has 0 saturated carbocycles. The van der Waals surface area contributed by atoms with Gasteiger partial charge in [0.2, 0.25) is 0 Å². The average Bonchev–Trinajstić information content (AvgIpc) is 2.81. The third-order valence-corrected chi connectivity index (χ3v) is 5.08. The summed E-state index contributed by atoms with van der Waals surface area (Å²) in [6.07, 6.45) is -0.0949. The van der Waals surface area contributed by atoms with Crippen molar-refractivity contribution < 1.29 is 28.6 Å². The maximum atomic E-state index is 12.5. The smallest absolute Gasteiger partial charge is 0.326 e. The molecule has 2 rings (SSSR count). The zero-order valence-electron chi connectivity index (χ0n) is 19.1. The maximum Gasteiger partial charge on any atom is 0.326 e. The molecule has 2 aromatic rings. The van der Waals surface area contributed by atoms with E-state index < -0.39 is 23.9 Å². The Balaban J connectivity index is 1.90. The molecule has 2 N–H and O–H groups in total. The van der Waals surface area contributed by atoms with Crippen LogP contribution in [0.4, 0.5) is 5.69 Å². The summed E-state index contributed by atoms with van der Waals surface area (Å²) in [5.74, 6) is -0.500. The van der Waals surface area contributed by atoms with Crippen LogP contribution in [-0.4, -0.2) is 44.7 Å². The van der Waals surface area contributed by atoms with E-state index in [-0.39, 0.29) is 12.5 Å². The number of esters is 1. The van der Waals surface area contributed by atoms with Crippen molar-refractivity contribution in [1.82, 2.24) is 5.32 Å². The van der Waals surface area contributed by atoms with E-state index in [1.54, 1.807) is 12.1 Å². The molecule has 0 saturated heterocycles. The van der Waals surface area contributed by atoms with Gasteiger partial charge in [-0.15, -0.1) is 0 Å². The summed E-state index contributed by atoms with van der Waals surface area (Å²) in [5, 5.41) is 5.29.